The van der Waals surface area contributed by atoms with E-state index in [1.807, 2.05) is 30.3 Å². The normalized spacial score (nSPS) is 12.9. The van der Waals surface area contributed by atoms with Crippen LogP contribution in [0.1, 0.15) is 18.4 Å². The van der Waals surface area contributed by atoms with Gasteiger partial charge in [-0.05, 0) is 42.7 Å². The van der Waals surface area contributed by atoms with Crippen molar-refractivity contribution in [2.24, 2.45) is 0 Å². The number of alkyl carbamates (subject to hydrolysis) is 1. The van der Waals surface area contributed by atoms with Crippen LogP contribution in [-0.2, 0) is 15.9 Å². The Morgan fingerprint density at radius 3 is 1.82 bits per heavy atom. The number of nitrogens with one attached hydrogen (secondary N) is 1. The lowest BCUT2D eigenvalue weighted by molar-refractivity contribution is 0.0844. The summed E-state index contributed by atoms with van der Waals surface area (Å²) >= 11 is 0. The third kappa shape index (κ3) is 7.92. The number of carbonyl (C=O) groups is 1. The molecule has 3 N–H and O–H groups in total. The Morgan fingerprint density at radius 1 is 0.824 bits per heavy atom. The minimum Gasteiger partial charge on any atom is -0.445 e. The third-order valence-corrected chi connectivity index (χ3v) is 6.90. The molecule has 0 heterocycles. The summed E-state index contributed by atoms with van der Waals surface area (Å²) in [5, 5.41) is 21.7. The highest BCUT2D eigenvalue weighted by molar-refractivity contribution is 7.55. The van der Waals surface area contributed by atoms with E-state index in [1.54, 1.807) is 60.7 Å². The molecule has 2 atom stereocenters. The summed E-state index contributed by atoms with van der Waals surface area (Å²) in [6.07, 6.45) is -1.84. The molecular formula is C25H28NO7P. The lowest BCUT2D eigenvalue weighted by atomic mass is 10.2. The fraction of sp³-hybridized carbons (Fsp3) is 0.240. The van der Waals surface area contributed by atoms with Crippen molar-refractivity contribution in [3.63, 3.8) is 0 Å². The third-order valence-electron chi connectivity index (χ3n) is 4.81. The van der Waals surface area contributed by atoms with Gasteiger partial charge in [0.15, 0.2) is 5.78 Å². The molecule has 1 amide bonds. The number of hydrogen-bond acceptors (Lipinski definition) is 7. The first-order valence-electron chi connectivity index (χ1n) is 10.8. The van der Waals surface area contributed by atoms with Gasteiger partial charge in [0, 0.05) is 0 Å². The van der Waals surface area contributed by atoms with Crippen molar-refractivity contribution < 1.29 is 33.4 Å². The zero-order valence-corrected chi connectivity index (χ0v) is 19.4. The van der Waals surface area contributed by atoms with Crippen LogP contribution < -0.4 is 14.4 Å². The zero-order chi connectivity index (χ0) is 24.2. The molecule has 9 heteroatoms. The van der Waals surface area contributed by atoms with Crippen molar-refractivity contribution >= 4 is 13.7 Å². The van der Waals surface area contributed by atoms with Gasteiger partial charge in [0.25, 0.3) is 0 Å². The van der Waals surface area contributed by atoms with Gasteiger partial charge in [-0.1, -0.05) is 66.7 Å². The maximum atomic E-state index is 14.1. The first-order chi connectivity index (χ1) is 16.5. The summed E-state index contributed by atoms with van der Waals surface area (Å²) in [7, 11) is -4.09. The number of aliphatic hydroxyl groups is 2. The molecule has 2 unspecified atom stereocenters. The van der Waals surface area contributed by atoms with Crippen molar-refractivity contribution in [1.29, 1.82) is 0 Å². The molecule has 3 rings (SSSR count). The van der Waals surface area contributed by atoms with Crippen LogP contribution in [0.5, 0.6) is 11.5 Å². The molecule has 0 aliphatic rings. The predicted octanol–water partition coefficient (Wildman–Crippen LogP) is 4.72. The van der Waals surface area contributed by atoms with Crippen LogP contribution in [0.25, 0.3) is 0 Å². The Labute approximate surface area is 198 Å². The van der Waals surface area contributed by atoms with Gasteiger partial charge in [-0.3, -0.25) is 0 Å². The van der Waals surface area contributed by atoms with E-state index in [1.165, 1.54) is 0 Å². The van der Waals surface area contributed by atoms with Crippen molar-refractivity contribution in [2.45, 2.75) is 31.3 Å². The average Bonchev–Trinajstić information content (AvgIpc) is 2.86. The molecule has 0 aliphatic carbocycles. The minimum absolute atomic E-state index is 0.000884. The molecule has 0 spiro atoms. The molecule has 3 aromatic rings. The number of amides is 1. The maximum absolute atomic E-state index is 14.1. The molecular weight excluding hydrogens is 457 g/mol. The highest BCUT2D eigenvalue weighted by Gasteiger charge is 2.41. The van der Waals surface area contributed by atoms with E-state index < -0.39 is 32.2 Å². The van der Waals surface area contributed by atoms with Crippen molar-refractivity contribution in [1.82, 2.24) is 5.32 Å². The van der Waals surface area contributed by atoms with Crippen LogP contribution in [0.4, 0.5) is 4.79 Å². The first-order valence-corrected chi connectivity index (χ1v) is 12.4. The monoisotopic (exact) mass is 485 g/mol. The van der Waals surface area contributed by atoms with E-state index in [0.29, 0.717) is 0 Å². The molecule has 0 bridgehead atoms. The Bertz CT molecular complexity index is 1010. The quantitative estimate of drug-likeness (QED) is 0.318. The van der Waals surface area contributed by atoms with Gasteiger partial charge < -0.3 is 29.3 Å². The first kappa shape index (κ1) is 25.3. The number of rotatable bonds is 12. The number of benzene rings is 3. The molecule has 0 aliphatic heterocycles. The van der Waals surface area contributed by atoms with E-state index in [0.717, 1.165) is 5.56 Å². The molecule has 0 aromatic heterocycles. The zero-order valence-electron chi connectivity index (χ0n) is 18.5. The Hall–Kier alpha value is -3.32. The largest absolute Gasteiger partial charge is 0.453 e. The van der Waals surface area contributed by atoms with Crippen LogP contribution in [0, 0.1) is 0 Å². The number of ether oxygens (including phenoxy) is 1. The Kier molecular flexibility index (Phi) is 9.52. The van der Waals surface area contributed by atoms with Gasteiger partial charge in [-0.2, -0.15) is 0 Å². The Morgan fingerprint density at radius 2 is 1.32 bits per heavy atom. The SMILES string of the molecule is O=C(NC(CCC(O)CO)P(=O)(Oc1ccccc1)Oc1ccccc1)OCc1ccccc1. The molecule has 8 nitrogen and oxygen atoms in total. The molecule has 0 saturated heterocycles. The van der Waals surface area contributed by atoms with E-state index in [-0.39, 0.29) is 30.9 Å². The van der Waals surface area contributed by atoms with Gasteiger partial charge in [-0.25, -0.2) is 9.36 Å². The van der Waals surface area contributed by atoms with Crippen LogP contribution in [-0.4, -0.2) is 34.8 Å². The van der Waals surface area contributed by atoms with Crippen LogP contribution in [0.3, 0.4) is 0 Å². The molecule has 34 heavy (non-hydrogen) atoms. The Balaban J connectivity index is 1.83. The fourth-order valence-corrected chi connectivity index (χ4v) is 4.91. The fourth-order valence-electron chi connectivity index (χ4n) is 3.05. The van der Waals surface area contributed by atoms with Gasteiger partial charge in [0.1, 0.15) is 18.1 Å². The van der Waals surface area contributed by atoms with Crippen LogP contribution >= 0.6 is 7.60 Å². The summed E-state index contributed by atoms with van der Waals surface area (Å²) in [6, 6.07) is 26.0. The second-order valence-electron chi connectivity index (χ2n) is 7.48. The highest BCUT2D eigenvalue weighted by atomic mass is 31.2. The van der Waals surface area contributed by atoms with Gasteiger partial charge in [0.05, 0.1) is 12.7 Å². The number of carbonyl (C=O) groups excluding carboxylic acids is 1. The molecule has 0 radical (unpaired) electrons. The number of aliphatic hydroxyl groups excluding tert-OH is 2. The molecule has 0 saturated carbocycles. The molecule has 0 fully saturated rings. The van der Waals surface area contributed by atoms with Gasteiger partial charge >= 0.3 is 13.7 Å². The predicted molar refractivity (Wildman–Crippen MR) is 128 cm³/mol. The van der Waals surface area contributed by atoms with E-state index in [9.17, 15) is 19.6 Å². The summed E-state index contributed by atoms with van der Waals surface area (Å²) in [6.45, 7) is -0.462. The minimum atomic E-state index is -4.09. The van der Waals surface area contributed by atoms with Crippen molar-refractivity contribution in [3.05, 3.63) is 96.6 Å². The van der Waals surface area contributed by atoms with Crippen molar-refractivity contribution in [3.8, 4) is 11.5 Å². The van der Waals surface area contributed by atoms with Gasteiger partial charge in [-0.15, -0.1) is 0 Å². The summed E-state index contributed by atoms with van der Waals surface area (Å²) in [5.41, 5.74) is 0.786. The lowest BCUT2D eigenvalue weighted by Crippen LogP contribution is -2.38. The maximum Gasteiger partial charge on any atom is 0.453 e. The average molecular weight is 485 g/mol. The molecule has 180 valence electrons. The van der Waals surface area contributed by atoms with E-state index in [2.05, 4.69) is 5.32 Å². The number of para-hydroxylation sites is 2. The summed E-state index contributed by atoms with van der Waals surface area (Å²) in [5.74, 6) is -0.597. The second kappa shape index (κ2) is 12.8. The lowest BCUT2D eigenvalue weighted by Gasteiger charge is -2.28. The van der Waals surface area contributed by atoms with Gasteiger partial charge in [0.2, 0.25) is 0 Å². The van der Waals surface area contributed by atoms with Crippen molar-refractivity contribution in [2.75, 3.05) is 6.61 Å². The smallest absolute Gasteiger partial charge is 0.445 e. The second-order valence-corrected chi connectivity index (χ2v) is 9.55. The highest BCUT2D eigenvalue weighted by Crippen LogP contribution is 2.53. The van der Waals surface area contributed by atoms with Crippen LogP contribution in [0.15, 0.2) is 91.0 Å². The van der Waals surface area contributed by atoms with E-state index >= 15 is 0 Å². The topological polar surface area (TPSA) is 114 Å². The molecule has 3 aromatic carbocycles. The number of hydrogen-bond donors (Lipinski definition) is 3. The van der Waals surface area contributed by atoms with E-state index in [4.69, 9.17) is 13.8 Å². The summed E-state index contributed by atoms with van der Waals surface area (Å²) < 4.78 is 31.0. The summed E-state index contributed by atoms with van der Waals surface area (Å²) in [4.78, 5) is 12.6. The standard InChI is InChI=1S/C25H28NO7P/c27-18-21(28)16-17-24(26-25(29)31-19-20-10-4-1-5-11-20)34(30,32-22-12-6-2-7-13-22)33-23-14-8-3-9-15-23/h1-15,21,24,27-28H,16-19H2,(H,26,29). The van der Waals surface area contributed by atoms with Crippen LogP contribution in [0.2, 0.25) is 0 Å².